The Hall–Kier alpha value is -4.04. The van der Waals surface area contributed by atoms with Crippen molar-refractivity contribution in [3.8, 4) is 0 Å². The molecule has 0 spiro atoms. The number of halogens is 1. The number of rotatable bonds is 6. The summed E-state index contributed by atoms with van der Waals surface area (Å²) >= 11 is 6.11. The average Bonchev–Trinajstić information content (AvgIpc) is 2.88. The molecule has 8 nitrogen and oxygen atoms in total. The van der Waals surface area contributed by atoms with E-state index < -0.39 is 0 Å². The second kappa shape index (κ2) is 9.44. The first-order chi connectivity index (χ1) is 16.6. The number of pyridine rings is 2. The maximum absolute atomic E-state index is 12.8. The summed E-state index contributed by atoms with van der Waals surface area (Å²) in [6.45, 7) is 0.565. The quantitative estimate of drug-likeness (QED) is 0.591. The van der Waals surface area contributed by atoms with E-state index in [1.807, 2.05) is 61.8 Å². The van der Waals surface area contributed by atoms with Crippen LogP contribution >= 0.6 is 11.6 Å². The van der Waals surface area contributed by atoms with Crippen LogP contribution in [0.2, 0.25) is 5.02 Å². The molecule has 1 aromatic carbocycles. The zero-order valence-corrected chi connectivity index (χ0v) is 19.3. The number of fused-ring (bicyclic) bond motifs is 1. The predicted molar refractivity (Wildman–Crippen MR) is 134 cm³/mol. The standard InChI is InChI=1S/C25H22ClN7O/c1-27-22-7-2-17(14-29-22)10-13-32-23(34)16-33-25(31-32)24(19-8-11-28-12-9-19)21(15-30-33)18-3-5-20(26)6-4-18/h2-9,11-12,14-15H,10,13,16H2,1H3,(H,27,29). The number of allylic oxidation sites excluding steroid dienone is 1. The number of nitrogens with zero attached hydrogens (tertiary/aromatic N) is 6. The van der Waals surface area contributed by atoms with Gasteiger partial charge in [0.25, 0.3) is 5.91 Å². The molecule has 0 atom stereocenters. The smallest absolute Gasteiger partial charge is 0.264 e. The Bertz CT molecular complexity index is 1290. The first-order valence-electron chi connectivity index (χ1n) is 10.9. The molecule has 170 valence electrons. The van der Waals surface area contributed by atoms with Gasteiger partial charge in [0, 0.05) is 48.4 Å². The van der Waals surface area contributed by atoms with Gasteiger partial charge in [0.2, 0.25) is 0 Å². The molecule has 2 aliphatic rings. The van der Waals surface area contributed by atoms with Crippen LogP contribution < -0.4 is 5.32 Å². The molecule has 3 aromatic rings. The van der Waals surface area contributed by atoms with E-state index in [9.17, 15) is 4.79 Å². The SMILES string of the molecule is CNc1ccc(CCN2N=C3C(c4ccncc4)=C(c4ccc(Cl)cc4)C=NN3CC2=O)cn1. The number of amidine groups is 1. The van der Waals surface area contributed by atoms with Crippen molar-refractivity contribution >= 4 is 46.5 Å². The van der Waals surface area contributed by atoms with Crippen molar-refractivity contribution in [3.05, 3.63) is 88.8 Å². The number of aromatic nitrogens is 2. The van der Waals surface area contributed by atoms with Gasteiger partial charge in [-0.3, -0.25) is 9.78 Å². The van der Waals surface area contributed by atoms with E-state index in [0.29, 0.717) is 23.8 Å². The van der Waals surface area contributed by atoms with Crippen LogP contribution in [0.3, 0.4) is 0 Å². The summed E-state index contributed by atoms with van der Waals surface area (Å²) in [7, 11) is 1.83. The third-order valence-corrected chi connectivity index (χ3v) is 5.92. The van der Waals surface area contributed by atoms with E-state index in [0.717, 1.165) is 33.7 Å². The minimum absolute atomic E-state index is 0.107. The summed E-state index contributed by atoms with van der Waals surface area (Å²) in [4.78, 5) is 21.3. The fourth-order valence-electron chi connectivity index (χ4n) is 3.87. The Balaban J connectivity index is 1.52. The molecule has 0 unspecified atom stereocenters. The second-order valence-corrected chi connectivity index (χ2v) is 8.26. The summed E-state index contributed by atoms with van der Waals surface area (Å²) in [6, 6.07) is 15.4. The Morgan fingerprint density at radius 3 is 2.53 bits per heavy atom. The molecule has 4 heterocycles. The fraction of sp³-hybridized carbons (Fsp3) is 0.160. The molecule has 2 aliphatic heterocycles. The number of benzene rings is 1. The van der Waals surface area contributed by atoms with Gasteiger partial charge in [-0.25, -0.2) is 15.0 Å². The monoisotopic (exact) mass is 471 g/mol. The van der Waals surface area contributed by atoms with E-state index in [1.54, 1.807) is 23.6 Å². The Morgan fingerprint density at radius 1 is 1.03 bits per heavy atom. The van der Waals surface area contributed by atoms with Crippen molar-refractivity contribution in [1.29, 1.82) is 0 Å². The van der Waals surface area contributed by atoms with Crippen LogP contribution in [0.4, 0.5) is 5.82 Å². The summed E-state index contributed by atoms with van der Waals surface area (Å²) < 4.78 is 0. The van der Waals surface area contributed by atoms with Gasteiger partial charge in [0.05, 0.1) is 6.21 Å². The van der Waals surface area contributed by atoms with E-state index in [1.165, 1.54) is 5.01 Å². The normalized spacial score (nSPS) is 15.4. The van der Waals surface area contributed by atoms with Crippen molar-refractivity contribution in [2.45, 2.75) is 6.42 Å². The minimum atomic E-state index is -0.107. The molecule has 9 heteroatoms. The van der Waals surface area contributed by atoms with Crippen LogP contribution in [0.25, 0.3) is 11.1 Å². The number of hydrogen-bond acceptors (Lipinski definition) is 7. The molecular weight excluding hydrogens is 450 g/mol. The minimum Gasteiger partial charge on any atom is -0.373 e. The van der Waals surface area contributed by atoms with Gasteiger partial charge in [-0.2, -0.15) is 5.10 Å². The number of carbonyl (C=O) groups excluding carboxylic acids is 1. The first kappa shape index (κ1) is 21.8. The molecule has 1 amide bonds. The van der Waals surface area contributed by atoms with Gasteiger partial charge in [0.1, 0.15) is 12.4 Å². The molecule has 0 saturated heterocycles. The van der Waals surface area contributed by atoms with Gasteiger partial charge in [0.15, 0.2) is 5.84 Å². The average molecular weight is 472 g/mol. The summed E-state index contributed by atoms with van der Waals surface area (Å²) in [6.07, 6.45) is 7.71. The van der Waals surface area contributed by atoms with Crippen LogP contribution in [0, 0.1) is 0 Å². The van der Waals surface area contributed by atoms with Crippen LogP contribution in [0.1, 0.15) is 16.7 Å². The van der Waals surface area contributed by atoms with Crippen molar-refractivity contribution in [3.63, 3.8) is 0 Å². The molecule has 0 saturated carbocycles. The summed E-state index contributed by atoms with van der Waals surface area (Å²) in [5, 5.41) is 16.1. The van der Waals surface area contributed by atoms with Crippen LogP contribution in [0.5, 0.6) is 0 Å². The highest BCUT2D eigenvalue weighted by atomic mass is 35.5. The number of carbonyl (C=O) groups is 1. The zero-order valence-electron chi connectivity index (χ0n) is 18.5. The van der Waals surface area contributed by atoms with Gasteiger partial charge in [-0.15, -0.1) is 5.10 Å². The number of hydrazone groups is 2. The third-order valence-electron chi connectivity index (χ3n) is 5.67. The lowest BCUT2D eigenvalue weighted by Crippen LogP contribution is -2.47. The van der Waals surface area contributed by atoms with Gasteiger partial charge < -0.3 is 5.32 Å². The molecule has 0 fully saturated rings. The predicted octanol–water partition coefficient (Wildman–Crippen LogP) is 3.78. The Kier molecular flexibility index (Phi) is 6.05. The Morgan fingerprint density at radius 2 is 1.82 bits per heavy atom. The third kappa shape index (κ3) is 4.40. The highest BCUT2D eigenvalue weighted by molar-refractivity contribution is 6.40. The molecular formula is C25H22ClN7O. The zero-order chi connectivity index (χ0) is 23.5. The molecule has 5 rings (SSSR count). The van der Waals surface area contributed by atoms with E-state index in [-0.39, 0.29) is 12.5 Å². The van der Waals surface area contributed by atoms with E-state index in [2.05, 4.69) is 20.4 Å². The molecule has 34 heavy (non-hydrogen) atoms. The van der Waals surface area contributed by atoms with Crippen LogP contribution in [-0.4, -0.2) is 58.1 Å². The largest absolute Gasteiger partial charge is 0.373 e. The van der Waals surface area contributed by atoms with E-state index >= 15 is 0 Å². The van der Waals surface area contributed by atoms with Crippen molar-refractivity contribution < 1.29 is 4.79 Å². The van der Waals surface area contributed by atoms with Crippen molar-refractivity contribution in [2.24, 2.45) is 10.2 Å². The summed E-state index contributed by atoms with van der Waals surface area (Å²) in [5.74, 6) is 1.32. The molecule has 1 N–H and O–H groups in total. The molecule has 2 aromatic heterocycles. The molecule has 0 aliphatic carbocycles. The number of anilines is 1. The van der Waals surface area contributed by atoms with Gasteiger partial charge in [-0.05, 0) is 53.4 Å². The highest BCUT2D eigenvalue weighted by Crippen LogP contribution is 2.32. The number of hydrogen-bond donors (Lipinski definition) is 1. The van der Waals surface area contributed by atoms with Crippen molar-refractivity contribution in [1.82, 2.24) is 20.0 Å². The second-order valence-electron chi connectivity index (χ2n) is 7.83. The van der Waals surface area contributed by atoms with Gasteiger partial charge in [-0.1, -0.05) is 29.8 Å². The van der Waals surface area contributed by atoms with Crippen LogP contribution in [0.15, 0.2) is 77.3 Å². The number of nitrogens with one attached hydrogen (secondary N) is 1. The molecule has 0 radical (unpaired) electrons. The maximum Gasteiger partial charge on any atom is 0.264 e. The van der Waals surface area contributed by atoms with Crippen LogP contribution in [-0.2, 0) is 11.2 Å². The maximum atomic E-state index is 12.8. The van der Waals surface area contributed by atoms with E-state index in [4.69, 9.17) is 16.7 Å². The lowest BCUT2D eigenvalue weighted by molar-refractivity contribution is -0.132. The Labute approximate surface area is 202 Å². The number of amides is 1. The van der Waals surface area contributed by atoms with Gasteiger partial charge >= 0.3 is 0 Å². The van der Waals surface area contributed by atoms with Crippen molar-refractivity contribution in [2.75, 3.05) is 25.5 Å². The highest BCUT2D eigenvalue weighted by Gasteiger charge is 2.33. The first-order valence-corrected chi connectivity index (χ1v) is 11.2. The topological polar surface area (TPSA) is 86.1 Å². The lowest BCUT2D eigenvalue weighted by atomic mass is 9.93. The fourth-order valence-corrected chi connectivity index (χ4v) is 4.00. The summed E-state index contributed by atoms with van der Waals surface area (Å²) in [5.41, 5.74) is 4.72. The lowest BCUT2D eigenvalue weighted by Gasteiger charge is -2.34. The molecule has 0 bridgehead atoms.